The third-order valence-corrected chi connectivity index (χ3v) is 5.16. The van der Waals surface area contributed by atoms with Crippen LogP contribution in [0.3, 0.4) is 0 Å². The fraction of sp³-hybridized carbons (Fsp3) is 0.478. The highest BCUT2D eigenvalue weighted by Crippen LogP contribution is 2.35. The number of nitrogens with one attached hydrogen (secondary N) is 1. The summed E-state index contributed by atoms with van der Waals surface area (Å²) in [5, 5.41) is 2.80. The van der Waals surface area contributed by atoms with Crippen molar-refractivity contribution >= 4 is 23.3 Å². The van der Waals surface area contributed by atoms with Crippen LogP contribution in [0.1, 0.15) is 42.7 Å². The maximum Gasteiger partial charge on any atom is 0.411 e. The van der Waals surface area contributed by atoms with Crippen LogP contribution in [0.4, 0.5) is 26.4 Å². The molecule has 156 valence electrons. The molecule has 1 aromatic carbocycles. The molecule has 0 saturated heterocycles. The maximum atomic E-state index is 14.4. The first-order valence-electron chi connectivity index (χ1n) is 10.2. The van der Waals surface area contributed by atoms with Crippen molar-refractivity contribution in [1.29, 1.82) is 0 Å². The van der Waals surface area contributed by atoms with Gasteiger partial charge in [-0.1, -0.05) is 31.5 Å². The molecule has 29 heavy (non-hydrogen) atoms. The number of fused-ring (bicyclic) bond motifs is 1. The number of hydrogen-bond donors (Lipinski definition) is 1. The zero-order valence-electron chi connectivity index (χ0n) is 17.9. The molecule has 2 heterocycles. The number of benzene rings is 1. The predicted molar refractivity (Wildman–Crippen MR) is 115 cm³/mol. The number of carbonyl (C=O) groups excluding carboxylic acids is 1. The summed E-state index contributed by atoms with van der Waals surface area (Å²) in [7, 11) is 0. The Balaban J connectivity index is 1.82. The molecule has 0 radical (unpaired) electrons. The lowest BCUT2D eigenvalue weighted by Gasteiger charge is -2.33. The molecule has 1 aliphatic heterocycles. The third kappa shape index (κ3) is 5.05. The van der Waals surface area contributed by atoms with Gasteiger partial charge >= 0.3 is 6.09 Å². The second-order valence-electron chi connectivity index (χ2n) is 8.25. The van der Waals surface area contributed by atoms with E-state index >= 15 is 0 Å². The smallest absolute Gasteiger partial charge is 0.411 e. The first kappa shape index (κ1) is 21.1. The Kier molecular flexibility index (Phi) is 6.40. The number of amides is 1. The highest BCUT2D eigenvalue weighted by Gasteiger charge is 2.27. The molecule has 2 aromatic rings. The Hall–Kier alpha value is -2.63. The first-order chi connectivity index (χ1) is 13.7. The molecule has 6 heteroatoms. The average molecular weight is 400 g/mol. The number of hydrogen-bond acceptors (Lipinski definition) is 4. The van der Waals surface area contributed by atoms with Gasteiger partial charge in [-0.3, -0.25) is 5.32 Å². The number of pyridine rings is 1. The summed E-state index contributed by atoms with van der Waals surface area (Å²) in [4.78, 5) is 18.7. The van der Waals surface area contributed by atoms with Crippen molar-refractivity contribution in [2.24, 2.45) is 5.92 Å². The Morgan fingerprint density at radius 3 is 2.76 bits per heavy atom. The molecule has 0 saturated carbocycles. The SMILES string of the molecule is Cc1ccc2c(c1)CC(F)CN2c1cc(C)c(NC(=O)OCCC(C)C)c(C)n1. The lowest BCUT2D eigenvalue weighted by atomic mass is 9.98. The second-order valence-corrected chi connectivity index (χ2v) is 8.25. The summed E-state index contributed by atoms with van der Waals surface area (Å²) in [5.41, 5.74) is 5.29. The molecule has 0 fully saturated rings. The van der Waals surface area contributed by atoms with Crippen LogP contribution in [-0.2, 0) is 11.2 Å². The van der Waals surface area contributed by atoms with Gasteiger partial charge in [-0.15, -0.1) is 0 Å². The highest BCUT2D eigenvalue weighted by molar-refractivity contribution is 5.87. The van der Waals surface area contributed by atoms with Crippen molar-refractivity contribution in [3.8, 4) is 0 Å². The number of nitrogens with zero attached hydrogens (tertiary/aromatic N) is 2. The van der Waals surface area contributed by atoms with E-state index in [9.17, 15) is 9.18 Å². The number of aromatic nitrogens is 1. The molecule has 1 atom stereocenters. The Labute approximate surface area is 172 Å². The van der Waals surface area contributed by atoms with Crippen molar-refractivity contribution in [3.05, 3.63) is 46.6 Å². The van der Waals surface area contributed by atoms with Gasteiger partial charge in [-0.25, -0.2) is 14.2 Å². The van der Waals surface area contributed by atoms with Crippen LogP contribution in [0, 0.1) is 26.7 Å². The first-order valence-corrected chi connectivity index (χ1v) is 10.2. The normalized spacial score (nSPS) is 16.0. The zero-order valence-corrected chi connectivity index (χ0v) is 17.9. The lowest BCUT2D eigenvalue weighted by molar-refractivity contribution is 0.155. The van der Waals surface area contributed by atoms with Gasteiger partial charge in [0.05, 0.1) is 24.5 Å². The number of alkyl halides is 1. The fourth-order valence-electron chi connectivity index (χ4n) is 3.62. The van der Waals surface area contributed by atoms with Crippen molar-refractivity contribution in [2.75, 3.05) is 23.4 Å². The Morgan fingerprint density at radius 1 is 1.31 bits per heavy atom. The number of rotatable bonds is 5. The molecule has 3 rings (SSSR count). The number of aryl methyl sites for hydroxylation is 3. The van der Waals surface area contributed by atoms with E-state index in [1.54, 1.807) is 0 Å². The Morgan fingerprint density at radius 2 is 2.07 bits per heavy atom. The summed E-state index contributed by atoms with van der Waals surface area (Å²) in [6.07, 6.45) is -0.178. The van der Waals surface area contributed by atoms with E-state index in [2.05, 4.69) is 24.1 Å². The molecule has 1 unspecified atom stereocenters. The Bertz CT molecular complexity index is 875. The average Bonchev–Trinajstić information content (AvgIpc) is 2.63. The molecule has 0 aliphatic carbocycles. The predicted octanol–water partition coefficient (Wildman–Crippen LogP) is 5.63. The number of anilines is 3. The number of halogens is 1. The van der Waals surface area contributed by atoms with E-state index in [4.69, 9.17) is 4.74 Å². The van der Waals surface area contributed by atoms with E-state index in [0.29, 0.717) is 36.1 Å². The van der Waals surface area contributed by atoms with Crippen molar-refractivity contribution in [2.45, 2.75) is 53.6 Å². The van der Waals surface area contributed by atoms with Crippen LogP contribution >= 0.6 is 0 Å². The highest BCUT2D eigenvalue weighted by atomic mass is 19.1. The van der Waals surface area contributed by atoms with Crippen LogP contribution in [0.25, 0.3) is 0 Å². The minimum Gasteiger partial charge on any atom is -0.449 e. The third-order valence-electron chi connectivity index (χ3n) is 5.16. The summed E-state index contributed by atoms with van der Waals surface area (Å²) in [6, 6.07) is 7.99. The van der Waals surface area contributed by atoms with E-state index in [1.165, 1.54) is 0 Å². The molecule has 1 N–H and O–H groups in total. The summed E-state index contributed by atoms with van der Waals surface area (Å²) >= 11 is 0. The molecule has 0 spiro atoms. The fourth-order valence-corrected chi connectivity index (χ4v) is 3.62. The summed E-state index contributed by atoms with van der Waals surface area (Å²) < 4.78 is 19.7. The van der Waals surface area contributed by atoms with Crippen molar-refractivity contribution < 1.29 is 13.9 Å². The lowest BCUT2D eigenvalue weighted by Crippen LogP contribution is -2.33. The molecule has 5 nitrogen and oxygen atoms in total. The van der Waals surface area contributed by atoms with E-state index < -0.39 is 12.3 Å². The molecule has 0 bridgehead atoms. The van der Waals surface area contributed by atoms with Gasteiger partial charge < -0.3 is 9.64 Å². The number of ether oxygens (including phenoxy) is 1. The summed E-state index contributed by atoms with van der Waals surface area (Å²) in [6.45, 7) is 10.6. The van der Waals surface area contributed by atoms with Crippen molar-refractivity contribution in [1.82, 2.24) is 4.98 Å². The summed E-state index contributed by atoms with van der Waals surface area (Å²) in [5.74, 6) is 1.16. The second kappa shape index (κ2) is 8.80. The van der Waals surface area contributed by atoms with Gasteiger partial charge in [0, 0.05) is 12.1 Å². The molecular formula is C23H30FN3O2. The zero-order chi connectivity index (χ0) is 21.1. The quantitative estimate of drug-likeness (QED) is 0.707. The minimum absolute atomic E-state index is 0.270. The van der Waals surface area contributed by atoms with Gasteiger partial charge in [0.2, 0.25) is 0 Å². The van der Waals surface area contributed by atoms with Crippen molar-refractivity contribution in [3.63, 3.8) is 0 Å². The molecular weight excluding hydrogens is 369 g/mol. The largest absolute Gasteiger partial charge is 0.449 e. The number of carbonyl (C=O) groups is 1. The maximum absolute atomic E-state index is 14.4. The van der Waals surface area contributed by atoms with Gasteiger partial charge in [0.1, 0.15) is 12.0 Å². The van der Waals surface area contributed by atoms with Gasteiger partial charge in [-0.2, -0.15) is 0 Å². The van der Waals surface area contributed by atoms with E-state index in [0.717, 1.165) is 28.8 Å². The molecule has 1 amide bonds. The standard InChI is InChI=1S/C23H30FN3O2/c1-14(2)8-9-29-23(28)26-22-16(4)11-21(25-17(22)5)27-13-19(24)12-18-10-15(3)6-7-20(18)27/h6-7,10-11,14,19H,8-9,12-13H2,1-5H3,(H,26,28). The van der Waals surface area contributed by atoms with Crippen LogP contribution in [-0.4, -0.2) is 30.4 Å². The van der Waals surface area contributed by atoms with Crippen LogP contribution in [0.2, 0.25) is 0 Å². The topological polar surface area (TPSA) is 54.5 Å². The monoisotopic (exact) mass is 399 g/mol. The van der Waals surface area contributed by atoms with Crippen LogP contribution in [0.5, 0.6) is 0 Å². The van der Waals surface area contributed by atoms with Gasteiger partial charge in [0.25, 0.3) is 0 Å². The van der Waals surface area contributed by atoms with Crippen LogP contribution in [0.15, 0.2) is 24.3 Å². The van der Waals surface area contributed by atoms with Gasteiger partial charge in [0.15, 0.2) is 0 Å². The minimum atomic E-state index is -0.944. The molecule has 1 aromatic heterocycles. The van der Waals surface area contributed by atoms with E-state index in [-0.39, 0.29) is 6.54 Å². The van der Waals surface area contributed by atoms with Gasteiger partial charge in [-0.05, 0) is 56.4 Å². The van der Waals surface area contributed by atoms with Crippen LogP contribution < -0.4 is 10.2 Å². The molecule has 1 aliphatic rings. The van der Waals surface area contributed by atoms with E-state index in [1.807, 2.05) is 49.9 Å².